The minimum Gasteiger partial charge on any atom is -0.395 e. The summed E-state index contributed by atoms with van der Waals surface area (Å²) in [6, 6.07) is 9.00. The molecule has 3 aliphatic rings. The van der Waals surface area contributed by atoms with Gasteiger partial charge in [0.1, 0.15) is 10.4 Å². The van der Waals surface area contributed by atoms with Crippen LogP contribution in [0.5, 0.6) is 0 Å². The fourth-order valence-electron chi connectivity index (χ4n) is 4.80. The zero-order valence-electron chi connectivity index (χ0n) is 19.5. The Morgan fingerprint density at radius 2 is 2.00 bits per heavy atom. The molecule has 0 bridgehead atoms. The highest BCUT2D eigenvalue weighted by molar-refractivity contribution is 7.88. The van der Waals surface area contributed by atoms with E-state index in [0.717, 1.165) is 18.4 Å². The second-order valence-electron chi connectivity index (χ2n) is 9.55. The molecule has 1 saturated heterocycles. The molecule has 1 aliphatic carbocycles. The zero-order chi connectivity index (χ0) is 24.8. The lowest BCUT2D eigenvalue weighted by Crippen LogP contribution is -2.60. The Bertz CT molecular complexity index is 1230. The number of aryl methyl sites for hydroxylation is 1. The largest absolute Gasteiger partial charge is 0.395 e. The molecule has 2 aliphatic heterocycles. The number of benzene rings is 1. The summed E-state index contributed by atoms with van der Waals surface area (Å²) in [4.78, 5) is 28.0. The molecule has 10 nitrogen and oxygen atoms in total. The monoisotopic (exact) mass is 497 g/mol. The number of carbonyl (C=O) groups is 2. The van der Waals surface area contributed by atoms with Crippen LogP contribution in [0.2, 0.25) is 0 Å². The first-order chi connectivity index (χ1) is 16.8. The number of hydrogen-bond donors (Lipinski definition) is 2. The van der Waals surface area contributed by atoms with Crippen molar-refractivity contribution in [2.45, 2.75) is 35.3 Å². The Hall–Kier alpha value is -3.07. The maximum Gasteiger partial charge on any atom is 0.272 e. The van der Waals surface area contributed by atoms with Crippen LogP contribution >= 0.6 is 0 Å². The van der Waals surface area contributed by atoms with Gasteiger partial charge in [-0.2, -0.15) is 10.4 Å². The molecule has 35 heavy (non-hydrogen) atoms. The Morgan fingerprint density at radius 3 is 2.57 bits per heavy atom. The van der Waals surface area contributed by atoms with Crippen molar-refractivity contribution >= 4 is 22.6 Å². The summed E-state index contributed by atoms with van der Waals surface area (Å²) in [7, 11) is 0.334. The fourth-order valence-corrected chi connectivity index (χ4v) is 6.96. The van der Waals surface area contributed by atoms with Crippen LogP contribution in [0.25, 0.3) is 0 Å². The van der Waals surface area contributed by atoms with Crippen molar-refractivity contribution in [3.05, 3.63) is 52.3 Å². The molecule has 0 radical (unpaired) electrons. The number of hydrogen-bond acceptors (Lipinski definition) is 7. The van der Waals surface area contributed by atoms with Gasteiger partial charge in [-0.15, -0.1) is 0 Å². The third-order valence-electron chi connectivity index (χ3n) is 7.11. The van der Waals surface area contributed by atoms with E-state index < -0.39 is 20.3 Å². The van der Waals surface area contributed by atoms with E-state index in [1.54, 1.807) is 36.2 Å². The summed E-state index contributed by atoms with van der Waals surface area (Å²) < 4.78 is 18.8. The summed E-state index contributed by atoms with van der Waals surface area (Å²) in [6.07, 6.45) is 1.96. The molecule has 184 valence electrons. The van der Waals surface area contributed by atoms with E-state index in [1.807, 2.05) is 0 Å². The summed E-state index contributed by atoms with van der Waals surface area (Å²) in [5, 5.41) is 25.9. The van der Waals surface area contributed by atoms with Gasteiger partial charge in [0.05, 0.1) is 36.2 Å². The number of carbonyl (C=O) groups excluding carboxylic acids is 2. The van der Waals surface area contributed by atoms with E-state index in [0.29, 0.717) is 36.3 Å². The van der Waals surface area contributed by atoms with E-state index in [9.17, 15) is 18.9 Å². The van der Waals surface area contributed by atoms with Gasteiger partial charge in [-0.05, 0) is 37.0 Å². The summed E-state index contributed by atoms with van der Waals surface area (Å²) in [6.45, 7) is 1.40. The van der Waals surface area contributed by atoms with Crippen molar-refractivity contribution < 1.29 is 23.6 Å². The number of fused-ring (bicyclic) bond motifs is 1. The van der Waals surface area contributed by atoms with Crippen molar-refractivity contribution in [2.24, 2.45) is 7.05 Å². The highest BCUT2D eigenvalue weighted by Gasteiger charge is 2.60. The smallest absolute Gasteiger partial charge is 0.272 e. The molecule has 11 heteroatoms. The van der Waals surface area contributed by atoms with Gasteiger partial charge < -0.3 is 20.1 Å². The molecule has 2 fully saturated rings. The second-order valence-corrected chi connectivity index (χ2v) is 11.8. The molecule has 2 amide bonds. The van der Waals surface area contributed by atoms with Crippen LogP contribution in [0.3, 0.4) is 0 Å². The second kappa shape index (κ2) is 8.86. The Kier molecular flexibility index (Phi) is 5.99. The molecular weight excluding hydrogens is 470 g/mol. The van der Waals surface area contributed by atoms with E-state index in [2.05, 4.69) is 16.5 Å². The van der Waals surface area contributed by atoms with E-state index in [-0.39, 0.29) is 43.9 Å². The summed E-state index contributed by atoms with van der Waals surface area (Å²) in [5.41, 5.74) is 2.64. The number of nitrogens with zero attached hydrogens (tertiary/aromatic N) is 4. The van der Waals surface area contributed by atoms with Crippen LogP contribution in [-0.2, 0) is 35.5 Å². The van der Waals surface area contributed by atoms with E-state index in [1.165, 1.54) is 4.68 Å². The maximum atomic E-state index is 13.4. The normalized spacial score (nSPS) is 20.4. The van der Waals surface area contributed by atoms with Gasteiger partial charge in [0.25, 0.3) is 11.8 Å². The number of aliphatic hydroxyl groups excluding tert-OH is 1. The SMILES string of the molecule is Cn1nc(C(=O)NCc2ccc(C#N)cc2)c2c1C(=O)N(CC1(S(=O)C3(CO)COC3)CC1)CC2. The first kappa shape index (κ1) is 23.7. The molecule has 1 aromatic carbocycles. The molecule has 2 aromatic rings. The van der Waals surface area contributed by atoms with Crippen LogP contribution in [0, 0.1) is 11.3 Å². The van der Waals surface area contributed by atoms with Crippen LogP contribution in [0.4, 0.5) is 0 Å². The van der Waals surface area contributed by atoms with Crippen molar-refractivity contribution in [2.75, 3.05) is 32.9 Å². The summed E-state index contributed by atoms with van der Waals surface area (Å²) >= 11 is 0. The van der Waals surface area contributed by atoms with Crippen LogP contribution in [0.15, 0.2) is 24.3 Å². The topological polar surface area (TPSA) is 138 Å². The van der Waals surface area contributed by atoms with Gasteiger partial charge in [0, 0.05) is 43.0 Å². The van der Waals surface area contributed by atoms with Crippen LogP contribution < -0.4 is 5.32 Å². The zero-order valence-corrected chi connectivity index (χ0v) is 20.3. The van der Waals surface area contributed by atoms with Gasteiger partial charge >= 0.3 is 0 Å². The standard InChI is InChI=1S/C24H27N5O5S/c1-28-20-18(19(27-28)21(31)26-11-17-4-2-16(10-25)3-5-17)6-9-29(22(20)32)12-23(7-8-23)35(33)24(13-30)14-34-15-24/h2-5,30H,6-9,11-15H2,1H3,(H,26,31). The number of amides is 2. The highest BCUT2D eigenvalue weighted by Crippen LogP contribution is 2.48. The Labute approximate surface area is 205 Å². The highest BCUT2D eigenvalue weighted by atomic mass is 32.2. The number of aliphatic hydroxyl groups is 1. The molecule has 2 N–H and O–H groups in total. The molecular formula is C24H27N5O5S. The van der Waals surface area contributed by atoms with E-state index in [4.69, 9.17) is 10.00 Å². The molecule has 0 spiro atoms. The average Bonchev–Trinajstić information content (AvgIpc) is 3.54. The first-order valence-electron chi connectivity index (χ1n) is 11.6. The third kappa shape index (κ3) is 4.05. The lowest BCUT2D eigenvalue weighted by Gasteiger charge is -2.42. The Morgan fingerprint density at radius 1 is 1.29 bits per heavy atom. The predicted molar refractivity (Wildman–Crippen MR) is 126 cm³/mol. The molecule has 3 heterocycles. The predicted octanol–water partition coefficient (Wildman–Crippen LogP) is 0.263. The quantitative estimate of drug-likeness (QED) is 0.534. The minimum absolute atomic E-state index is 0.192. The van der Waals surface area contributed by atoms with Crippen molar-refractivity contribution in [3.8, 4) is 6.07 Å². The third-order valence-corrected chi connectivity index (χ3v) is 9.58. The average molecular weight is 498 g/mol. The minimum atomic E-state index is -1.31. The van der Waals surface area contributed by atoms with Gasteiger partial charge in [0.2, 0.25) is 0 Å². The fraction of sp³-hybridized carbons (Fsp3) is 0.500. The van der Waals surface area contributed by atoms with Gasteiger partial charge in [-0.25, -0.2) is 0 Å². The van der Waals surface area contributed by atoms with Gasteiger partial charge in [-0.1, -0.05) is 12.1 Å². The maximum absolute atomic E-state index is 13.4. The van der Waals surface area contributed by atoms with Crippen molar-refractivity contribution in [1.29, 1.82) is 5.26 Å². The lowest BCUT2D eigenvalue weighted by atomic mass is 10.0. The first-order valence-corrected chi connectivity index (χ1v) is 12.7. The van der Waals surface area contributed by atoms with Crippen molar-refractivity contribution in [1.82, 2.24) is 20.0 Å². The number of nitriles is 1. The Balaban J connectivity index is 1.28. The van der Waals surface area contributed by atoms with E-state index >= 15 is 0 Å². The molecule has 1 atom stereocenters. The van der Waals surface area contributed by atoms with Crippen LogP contribution in [-0.4, -0.2) is 78.2 Å². The summed E-state index contributed by atoms with van der Waals surface area (Å²) in [5.74, 6) is -0.583. The number of ether oxygens (including phenoxy) is 1. The van der Waals surface area contributed by atoms with Crippen molar-refractivity contribution in [3.63, 3.8) is 0 Å². The number of nitrogens with one attached hydrogen (secondary N) is 1. The number of rotatable bonds is 8. The van der Waals surface area contributed by atoms with Gasteiger partial charge in [-0.3, -0.25) is 18.5 Å². The van der Waals surface area contributed by atoms with Gasteiger partial charge in [0.15, 0.2) is 5.69 Å². The molecule has 5 rings (SSSR count). The lowest BCUT2D eigenvalue weighted by molar-refractivity contribution is -0.0350. The molecule has 1 saturated carbocycles. The molecule has 1 unspecified atom stereocenters. The van der Waals surface area contributed by atoms with Crippen LogP contribution in [0.1, 0.15) is 50.5 Å². The molecule has 1 aromatic heterocycles. The number of aromatic nitrogens is 2.